The number of anilines is 2. The quantitative estimate of drug-likeness (QED) is 0.892. The molecule has 0 atom stereocenters. The zero-order chi connectivity index (χ0) is 14.7. The second-order valence-corrected chi connectivity index (χ2v) is 5.41. The molecule has 1 aromatic heterocycles. The van der Waals surface area contributed by atoms with Gasteiger partial charge in [0, 0.05) is 6.54 Å². The van der Waals surface area contributed by atoms with Crippen molar-refractivity contribution in [2.24, 2.45) is 0 Å². The number of nitrogens with one attached hydrogen (secondary N) is 1. The fourth-order valence-electron chi connectivity index (χ4n) is 2.29. The molecule has 2 aromatic rings. The molecule has 3 heteroatoms. The van der Waals surface area contributed by atoms with Gasteiger partial charge in [0.1, 0.15) is 5.82 Å². The Hall–Kier alpha value is -2.03. The van der Waals surface area contributed by atoms with Gasteiger partial charge in [-0.25, -0.2) is 4.98 Å². The van der Waals surface area contributed by atoms with Gasteiger partial charge in [-0.1, -0.05) is 12.1 Å². The molecule has 0 bridgehead atoms. The number of nitrogens with zero attached hydrogens (tertiary/aromatic N) is 1. The number of hydrogen-bond donors (Lipinski definition) is 2. The number of hydrogen-bond acceptors (Lipinski definition) is 3. The number of nitrogen functional groups attached to an aromatic ring is 1. The summed E-state index contributed by atoms with van der Waals surface area (Å²) in [6, 6.07) is 8.37. The molecule has 0 saturated heterocycles. The monoisotopic (exact) mass is 269 g/mol. The van der Waals surface area contributed by atoms with Crippen LogP contribution in [0.25, 0.3) is 0 Å². The number of nitrogens with two attached hydrogens (primary N) is 1. The average Bonchev–Trinajstić information content (AvgIpc) is 2.39. The Bertz CT molecular complexity index is 618. The highest BCUT2D eigenvalue weighted by Crippen LogP contribution is 2.16. The molecule has 0 saturated carbocycles. The van der Waals surface area contributed by atoms with E-state index < -0.39 is 0 Å². The van der Waals surface area contributed by atoms with Gasteiger partial charge in [0.15, 0.2) is 0 Å². The number of pyridine rings is 1. The van der Waals surface area contributed by atoms with Crippen LogP contribution in [0.15, 0.2) is 24.3 Å². The van der Waals surface area contributed by atoms with Crippen LogP contribution in [0.2, 0.25) is 0 Å². The third kappa shape index (κ3) is 3.29. The lowest BCUT2D eigenvalue weighted by Crippen LogP contribution is -2.08. The van der Waals surface area contributed by atoms with Crippen LogP contribution in [0.3, 0.4) is 0 Å². The highest BCUT2D eigenvalue weighted by Gasteiger charge is 2.03. The number of benzene rings is 1. The van der Waals surface area contributed by atoms with E-state index in [1.54, 1.807) is 0 Å². The third-order valence-corrected chi connectivity index (χ3v) is 3.78. The first kappa shape index (κ1) is 14.4. The van der Waals surface area contributed by atoms with Crippen molar-refractivity contribution in [1.29, 1.82) is 0 Å². The minimum atomic E-state index is 0.737. The molecule has 2 rings (SSSR count). The molecule has 106 valence electrons. The van der Waals surface area contributed by atoms with Gasteiger partial charge in [-0.3, -0.25) is 0 Å². The molecule has 3 nitrogen and oxygen atoms in total. The average molecular weight is 269 g/mol. The summed E-state index contributed by atoms with van der Waals surface area (Å²) in [6.07, 6.45) is 0.998. The highest BCUT2D eigenvalue weighted by atomic mass is 15.0. The van der Waals surface area contributed by atoms with E-state index in [4.69, 9.17) is 5.73 Å². The van der Waals surface area contributed by atoms with Crippen molar-refractivity contribution < 1.29 is 0 Å². The molecule has 3 N–H and O–H groups in total. The minimum absolute atomic E-state index is 0.737. The maximum atomic E-state index is 5.77. The van der Waals surface area contributed by atoms with E-state index in [2.05, 4.69) is 43.2 Å². The van der Waals surface area contributed by atoms with Crippen LogP contribution in [0, 0.1) is 27.7 Å². The molecule has 0 amide bonds. The Morgan fingerprint density at radius 1 is 1.00 bits per heavy atom. The zero-order valence-electron chi connectivity index (χ0n) is 12.7. The van der Waals surface area contributed by atoms with E-state index >= 15 is 0 Å². The lowest BCUT2D eigenvalue weighted by Gasteiger charge is -2.11. The van der Waals surface area contributed by atoms with Crippen LogP contribution in [0.5, 0.6) is 0 Å². The summed E-state index contributed by atoms with van der Waals surface area (Å²) in [5.74, 6) is 0.887. The van der Waals surface area contributed by atoms with Crippen LogP contribution < -0.4 is 11.1 Å². The van der Waals surface area contributed by atoms with Crippen molar-refractivity contribution >= 4 is 11.5 Å². The smallest absolute Gasteiger partial charge is 0.126 e. The molecule has 0 unspecified atom stereocenters. The topological polar surface area (TPSA) is 50.9 Å². The summed E-state index contributed by atoms with van der Waals surface area (Å²) in [5.41, 5.74) is 12.8. The Morgan fingerprint density at radius 2 is 1.70 bits per heavy atom. The van der Waals surface area contributed by atoms with Gasteiger partial charge >= 0.3 is 0 Å². The Kier molecular flexibility index (Phi) is 4.28. The van der Waals surface area contributed by atoms with Gasteiger partial charge in [-0.05, 0) is 68.5 Å². The number of aromatic nitrogens is 1. The molecule has 0 radical (unpaired) electrons. The van der Waals surface area contributed by atoms with E-state index in [0.717, 1.165) is 30.2 Å². The van der Waals surface area contributed by atoms with Gasteiger partial charge in [0.05, 0.1) is 11.4 Å². The van der Waals surface area contributed by atoms with Crippen molar-refractivity contribution in [2.75, 3.05) is 17.6 Å². The first-order valence-electron chi connectivity index (χ1n) is 7.01. The summed E-state index contributed by atoms with van der Waals surface area (Å²) in [6.45, 7) is 9.29. The van der Waals surface area contributed by atoms with Gasteiger partial charge in [0.2, 0.25) is 0 Å². The molecular formula is C17H23N3. The molecule has 0 aliphatic rings. The van der Waals surface area contributed by atoms with Crippen LogP contribution in [-0.2, 0) is 6.42 Å². The van der Waals surface area contributed by atoms with E-state index in [-0.39, 0.29) is 0 Å². The fourth-order valence-corrected chi connectivity index (χ4v) is 2.29. The lowest BCUT2D eigenvalue weighted by atomic mass is 9.99. The van der Waals surface area contributed by atoms with E-state index in [9.17, 15) is 0 Å². The van der Waals surface area contributed by atoms with Crippen molar-refractivity contribution in [3.8, 4) is 0 Å². The number of aryl methyl sites for hydroxylation is 4. The van der Waals surface area contributed by atoms with Crippen molar-refractivity contribution in [3.63, 3.8) is 0 Å². The molecule has 1 heterocycles. The maximum absolute atomic E-state index is 5.77. The van der Waals surface area contributed by atoms with Gasteiger partial charge in [-0.2, -0.15) is 0 Å². The SMILES string of the molecule is Cc1cc(C)c(CCNc2ccc(N)c(C)n2)cc1C. The first-order chi connectivity index (χ1) is 9.47. The molecule has 1 aromatic carbocycles. The zero-order valence-corrected chi connectivity index (χ0v) is 12.7. The predicted octanol–water partition coefficient (Wildman–Crippen LogP) is 3.55. The summed E-state index contributed by atoms with van der Waals surface area (Å²) >= 11 is 0. The summed E-state index contributed by atoms with van der Waals surface area (Å²) < 4.78 is 0. The van der Waals surface area contributed by atoms with Gasteiger partial charge < -0.3 is 11.1 Å². The third-order valence-electron chi connectivity index (χ3n) is 3.78. The molecule has 0 fully saturated rings. The van der Waals surface area contributed by atoms with E-state index in [1.165, 1.54) is 22.3 Å². The maximum Gasteiger partial charge on any atom is 0.126 e. The molecule has 20 heavy (non-hydrogen) atoms. The standard InChI is InChI=1S/C17H23N3/c1-11-9-13(3)15(10-12(11)2)7-8-19-17-6-5-16(18)14(4)20-17/h5-6,9-10H,7-8,18H2,1-4H3,(H,19,20). The van der Waals surface area contributed by atoms with Crippen LogP contribution in [0.1, 0.15) is 27.9 Å². The van der Waals surface area contributed by atoms with E-state index in [0.29, 0.717) is 0 Å². The second-order valence-electron chi connectivity index (χ2n) is 5.41. The Balaban J connectivity index is 1.99. The number of rotatable bonds is 4. The van der Waals surface area contributed by atoms with Crippen molar-refractivity contribution in [3.05, 3.63) is 52.2 Å². The van der Waals surface area contributed by atoms with Gasteiger partial charge in [-0.15, -0.1) is 0 Å². The van der Waals surface area contributed by atoms with Gasteiger partial charge in [0.25, 0.3) is 0 Å². The minimum Gasteiger partial charge on any atom is -0.397 e. The second kappa shape index (κ2) is 5.95. The van der Waals surface area contributed by atoms with Crippen LogP contribution in [0.4, 0.5) is 11.5 Å². The Morgan fingerprint density at radius 3 is 2.40 bits per heavy atom. The highest BCUT2D eigenvalue weighted by molar-refractivity contribution is 5.49. The molecule has 0 aliphatic heterocycles. The fraction of sp³-hybridized carbons (Fsp3) is 0.353. The largest absolute Gasteiger partial charge is 0.397 e. The normalized spacial score (nSPS) is 10.6. The lowest BCUT2D eigenvalue weighted by molar-refractivity contribution is 0.984. The summed E-state index contributed by atoms with van der Waals surface area (Å²) in [7, 11) is 0. The van der Waals surface area contributed by atoms with E-state index in [1.807, 2.05) is 19.1 Å². The molecular weight excluding hydrogens is 246 g/mol. The summed E-state index contributed by atoms with van der Waals surface area (Å²) in [4.78, 5) is 4.42. The van der Waals surface area contributed by atoms with Crippen LogP contribution >= 0.6 is 0 Å². The predicted molar refractivity (Wildman–Crippen MR) is 86.2 cm³/mol. The summed E-state index contributed by atoms with van der Waals surface area (Å²) in [5, 5.41) is 3.36. The van der Waals surface area contributed by atoms with Crippen molar-refractivity contribution in [2.45, 2.75) is 34.1 Å². The Labute approximate surface area is 121 Å². The van der Waals surface area contributed by atoms with Crippen LogP contribution in [-0.4, -0.2) is 11.5 Å². The molecule has 0 spiro atoms. The molecule has 0 aliphatic carbocycles. The first-order valence-corrected chi connectivity index (χ1v) is 7.01. The van der Waals surface area contributed by atoms with Crippen molar-refractivity contribution in [1.82, 2.24) is 4.98 Å².